The van der Waals surface area contributed by atoms with Crippen LogP contribution in [-0.4, -0.2) is 47.9 Å². The Balaban J connectivity index is 1.72. The van der Waals surface area contributed by atoms with Crippen LogP contribution in [0.5, 0.6) is 5.75 Å². The van der Waals surface area contributed by atoms with Gasteiger partial charge in [-0.25, -0.2) is 9.18 Å². The lowest BCUT2D eigenvalue weighted by molar-refractivity contribution is 0.136. The summed E-state index contributed by atoms with van der Waals surface area (Å²) >= 11 is 0. The Bertz CT molecular complexity index is 1160. The van der Waals surface area contributed by atoms with Crippen LogP contribution in [0.3, 0.4) is 0 Å². The van der Waals surface area contributed by atoms with Gasteiger partial charge in [0.1, 0.15) is 11.6 Å². The second kappa shape index (κ2) is 10.5. The fraction of sp³-hybridized carbons (Fsp3) is 0.320. The molecule has 2 aromatic carbocycles. The molecule has 1 aliphatic heterocycles. The van der Waals surface area contributed by atoms with Gasteiger partial charge in [0.05, 0.1) is 18.7 Å². The molecule has 1 unspecified atom stereocenters. The predicted molar refractivity (Wildman–Crippen MR) is 124 cm³/mol. The fourth-order valence-electron chi connectivity index (χ4n) is 3.89. The average Bonchev–Trinajstić information content (AvgIpc) is 3.33. The molecule has 0 saturated carbocycles. The summed E-state index contributed by atoms with van der Waals surface area (Å²) in [5, 5.41) is 7.16. The van der Waals surface area contributed by atoms with Crippen molar-refractivity contribution in [3.63, 3.8) is 0 Å². The minimum Gasteiger partial charge on any atom is -0.497 e. The number of rotatable bonds is 9. The van der Waals surface area contributed by atoms with Gasteiger partial charge in [-0.2, -0.15) is 4.98 Å². The highest BCUT2D eigenvalue weighted by atomic mass is 19.1. The summed E-state index contributed by atoms with van der Waals surface area (Å²) in [5.41, 5.74) is 2.89. The van der Waals surface area contributed by atoms with Crippen LogP contribution in [-0.2, 0) is 4.74 Å². The van der Waals surface area contributed by atoms with Crippen LogP contribution in [0, 0.1) is 5.82 Å². The molecular formula is C25H27FN4O4. The number of nitrogens with zero attached hydrogens (tertiary/aromatic N) is 3. The number of carbonyl (C=O) groups is 1. The smallest absolute Gasteiger partial charge is 0.322 e. The molecule has 0 fully saturated rings. The van der Waals surface area contributed by atoms with Crippen molar-refractivity contribution >= 4 is 11.6 Å². The molecule has 3 aromatic rings. The Labute approximate surface area is 197 Å². The zero-order valence-electron chi connectivity index (χ0n) is 19.4. The molecule has 4 rings (SSSR count). The maximum Gasteiger partial charge on any atom is 0.322 e. The minimum absolute atomic E-state index is 0.211. The van der Waals surface area contributed by atoms with Gasteiger partial charge in [-0.3, -0.25) is 4.90 Å². The monoisotopic (exact) mass is 466 g/mol. The van der Waals surface area contributed by atoms with Crippen molar-refractivity contribution in [2.45, 2.75) is 26.3 Å². The van der Waals surface area contributed by atoms with E-state index in [4.69, 9.17) is 14.0 Å². The summed E-state index contributed by atoms with van der Waals surface area (Å²) in [5.74, 6) is 0.987. The summed E-state index contributed by atoms with van der Waals surface area (Å²) in [6, 6.07) is 12.6. The van der Waals surface area contributed by atoms with Crippen LogP contribution in [0.25, 0.3) is 17.0 Å². The average molecular weight is 467 g/mol. The standard InChI is InChI=1S/C25H27FN4O4/c1-4-33-15-5-14-30-16(2)21(22(27-25(30)31)17-8-12-20(32-3)13-9-17)24-28-23(29-34-24)18-6-10-19(26)11-7-18/h6-13,22H,4-5,14-15H2,1-3H3,(H,27,31). The lowest BCUT2D eigenvalue weighted by Crippen LogP contribution is -2.46. The van der Waals surface area contributed by atoms with Gasteiger partial charge >= 0.3 is 6.03 Å². The highest BCUT2D eigenvalue weighted by Crippen LogP contribution is 2.37. The van der Waals surface area contributed by atoms with Gasteiger partial charge in [-0.05, 0) is 62.2 Å². The van der Waals surface area contributed by atoms with E-state index in [0.717, 1.165) is 11.3 Å². The Morgan fingerprint density at radius 3 is 2.56 bits per heavy atom. The van der Waals surface area contributed by atoms with Crippen molar-refractivity contribution in [2.24, 2.45) is 0 Å². The SMILES string of the molecule is CCOCCCN1C(=O)NC(c2ccc(OC)cc2)C(c2nc(-c3ccc(F)cc3)no2)=C1C. The van der Waals surface area contributed by atoms with Crippen molar-refractivity contribution in [1.29, 1.82) is 0 Å². The molecule has 1 aromatic heterocycles. The zero-order chi connectivity index (χ0) is 24.1. The van der Waals surface area contributed by atoms with Crippen molar-refractivity contribution in [1.82, 2.24) is 20.4 Å². The predicted octanol–water partition coefficient (Wildman–Crippen LogP) is 4.81. The number of allylic oxidation sites excluding steroid dienone is 1. The molecule has 9 heteroatoms. The molecule has 1 aliphatic rings. The Hall–Kier alpha value is -3.72. The molecule has 2 heterocycles. The fourth-order valence-corrected chi connectivity index (χ4v) is 3.89. The number of hydrogen-bond donors (Lipinski definition) is 1. The third kappa shape index (κ3) is 4.94. The lowest BCUT2D eigenvalue weighted by atomic mass is 9.94. The molecule has 178 valence electrons. The van der Waals surface area contributed by atoms with E-state index < -0.39 is 6.04 Å². The second-order valence-electron chi connectivity index (χ2n) is 7.79. The van der Waals surface area contributed by atoms with Crippen LogP contribution >= 0.6 is 0 Å². The third-order valence-electron chi connectivity index (χ3n) is 5.68. The summed E-state index contributed by atoms with van der Waals surface area (Å²) in [4.78, 5) is 19.3. The number of carbonyl (C=O) groups excluding carboxylic acids is 1. The molecule has 34 heavy (non-hydrogen) atoms. The Morgan fingerprint density at radius 2 is 1.88 bits per heavy atom. The molecule has 0 aliphatic carbocycles. The van der Waals surface area contributed by atoms with Gasteiger partial charge in [-0.1, -0.05) is 17.3 Å². The summed E-state index contributed by atoms with van der Waals surface area (Å²) < 4.78 is 29.7. The number of benzene rings is 2. The third-order valence-corrected chi connectivity index (χ3v) is 5.68. The Kier molecular flexibility index (Phi) is 7.22. The van der Waals surface area contributed by atoms with Crippen molar-refractivity contribution in [2.75, 3.05) is 26.9 Å². The van der Waals surface area contributed by atoms with Crippen LogP contribution in [0.4, 0.5) is 9.18 Å². The molecule has 0 radical (unpaired) electrons. The van der Waals surface area contributed by atoms with E-state index in [1.165, 1.54) is 12.1 Å². The van der Waals surface area contributed by atoms with E-state index >= 15 is 0 Å². The zero-order valence-corrected chi connectivity index (χ0v) is 19.4. The van der Waals surface area contributed by atoms with Crippen LogP contribution in [0.15, 0.2) is 58.8 Å². The first kappa shape index (κ1) is 23.4. The van der Waals surface area contributed by atoms with Crippen molar-refractivity contribution in [3.05, 3.63) is 71.5 Å². The first-order valence-corrected chi connectivity index (χ1v) is 11.1. The van der Waals surface area contributed by atoms with Gasteiger partial charge < -0.3 is 19.3 Å². The molecule has 0 spiro atoms. The molecular weight excluding hydrogens is 439 g/mol. The van der Waals surface area contributed by atoms with Gasteiger partial charge in [0.25, 0.3) is 5.89 Å². The van der Waals surface area contributed by atoms with E-state index in [-0.39, 0.29) is 17.7 Å². The van der Waals surface area contributed by atoms with Crippen molar-refractivity contribution < 1.29 is 23.2 Å². The first-order valence-electron chi connectivity index (χ1n) is 11.1. The normalized spacial score (nSPS) is 16.1. The van der Waals surface area contributed by atoms with E-state index in [2.05, 4.69) is 15.5 Å². The van der Waals surface area contributed by atoms with Crippen LogP contribution in [0.1, 0.15) is 37.8 Å². The number of ether oxygens (including phenoxy) is 2. The first-order chi connectivity index (χ1) is 16.5. The number of hydrogen-bond acceptors (Lipinski definition) is 6. The number of nitrogens with one attached hydrogen (secondary N) is 1. The maximum absolute atomic E-state index is 13.3. The largest absolute Gasteiger partial charge is 0.497 e. The van der Waals surface area contributed by atoms with Gasteiger partial charge in [0.2, 0.25) is 5.82 Å². The summed E-state index contributed by atoms with van der Waals surface area (Å²) in [6.07, 6.45) is 0.684. The second-order valence-corrected chi connectivity index (χ2v) is 7.79. The number of amides is 2. The van der Waals surface area contributed by atoms with Crippen LogP contribution in [0.2, 0.25) is 0 Å². The van der Waals surface area contributed by atoms with E-state index in [9.17, 15) is 9.18 Å². The molecule has 0 saturated heterocycles. The van der Waals surface area contributed by atoms with E-state index in [1.54, 1.807) is 24.1 Å². The minimum atomic E-state index is -0.497. The maximum atomic E-state index is 13.3. The van der Waals surface area contributed by atoms with Crippen LogP contribution < -0.4 is 10.1 Å². The topological polar surface area (TPSA) is 89.7 Å². The van der Waals surface area contributed by atoms with Gasteiger partial charge in [0.15, 0.2) is 0 Å². The molecule has 2 amide bonds. The van der Waals surface area contributed by atoms with Gasteiger partial charge in [0, 0.05) is 31.0 Å². The summed E-state index contributed by atoms with van der Waals surface area (Å²) in [7, 11) is 1.60. The molecule has 8 nitrogen and oxygen atoms in total. The number of urea groups is 1. The highest BCUT2D eigenvalue weighted by molar-refractivity contribution is 5.86. The van der Waals surface area contributed by atoms with E-state index in [1.807, 2.05) is 38.1 Å². The quantitative estimate of drug-likeness (QED) is 0.455. The number of aromatic nitrogens is 2. The number of methoxy groups -OCH3 is 1. The lowest BCUT2D eigenvalue weighted by Gasteiger charge is -2.35. The Morgan fingerprint density at radius 1 is 1.15 bits per heavy atom. The highest BCUT2D eigenvalue weighted by Gasteiger charge is 2.35. The number of halogens is 1. The molecule has 0 bridgehead atoms. The molecule has 1 atom stereocenters. The molecule has 1 N–H and O–H groups in total. The van der Waals surface area contributed by atoms with Gasteiger partial charge in [-0.15, -0.1) is 0 Å². The van der Waals surface area contributed by atoms with E-state index in [0.29, 0.717) is 48.9 Å². The summed E-state index contributed by atoms with van der Waals surface area (Å²) in [6.45, 7) is 5.47. The van der Waals surface area contributed by atoms with Crippen molar-refractivity contribution in [3.8, 4) is 17.1 Å².